The van der Waals surface area contributed by atoms with Crippen LogP contribution < -0.4 is 4.74 Å². The van der Waals surface area contributed by atoms with Crippen LogP contribution in [0.3, 0.4) is 0 Å². The highest BCUT2D eigenvalue weighted by Gasteiger charge is 2.33. The van der Waals surface area contributed by atoms with Crippen LogP contribution in [0.1, 0.15) is 25.0 Å². The summed E-state index contributed by atoms with van der Waals surface area (Å²) in [5.74, 6) is 1.03. The lowest BCUT2D eigenvalue weighted by atomic mass is 10.0. The van der Waals surface area contributed by atoms with Crippen LogP contribution in [-0.2, 0) is 17.7 Å². The number of aliphatic hydroxyl groups excluding tert-OH is 1. The van der Waals surface area contributed by atoms with Crippen LogP contribution in [0.25, 0.3) is 0 Å². The van der Waals surface area contributed by atoms with Gasteiger partial charge in [0.2, 0.25) is 0 Å². The maximum Gasteiger partial charge on any atom is 0.127 e. The number of nitrogens with zero attached hydrogens (tertiary/aromatic N) is 1. The first-order valence-corrected chi connectivity index (χ1v) is 7.22. The molecule has 1 aromatic rings. The molecule has 0 radical (unpaired) electrons. The molecule has 0 amide bonds. The van der Waals surface area contributed by atoms with E-state index >= 15 is 0 Å². The Morgan fingerprint density at radius 1 is 1.35 bits per heavy atom. The van der Waals surface area contributed by atoms with Crippen molar-refractivity contribution in [1.82, 2.24) is 4.90 Å². The molecule has 1 fully saturated rings. The number of hydrogen-bond acceptors (Lipinski definition) is 4. The third-order valence-corrected chi connectivity index (χ3v) is 4.18. The summed E-state index contributed by atoms with van der Waals surface area (Å²) in [5.41, 5.74) is 2.35. The molecule has 110 valence electrons. The molecule has 0 spiro atoms. The van der Waals surface area contributed by atoms with Gasteiger partial charge in [-0.25, -0.2) is 0 Å². The number of likely N-dealkylation sites (N-methyl/N-ethyl adjacent to an activating group) is 1. The van der Waals surface area contributed by atoms with E-state index in [4.69, 9.17) is 9.47 Å². The molecule has 0 aromatic heterocycles. The van der Waals surface area contributed by atoms with Gasteiger partial charge in [-0.15, -0.1) is 0 Å². The quantitative estimate of drug-likeness (QED) is 0.911. The number of benzene rings is 1. The van der Waals surface area contributed by atoms with Gasteiger partial charge >= 0.3 is 0 Å². The zero-order valence-corrected chi connectivity index (χ0v) is 12.4. The molecule has 4 heteroatoms. The first-order chi connectivity index (χ1) is 9.46. The largest absolute Gasteiger partial charge is 0.487 e. The van der Waals surface area contributed by atoms with Gasteiger partial charge in [-0.3, -0.25) is 4.90 Å². The normalized spacial score (nSPS) is 27.6. The van der Waals surface area contributed by atoms with Crippen LogP contribution >= 0.6 is 0 Å². The van der Waals surface area contributed by atoms with Crippen molar-refractivity contribution >= 4 is 0 Å². The second-order valence-electron chi connectivity index (χ2n) is 6.53. The molecule has 4 nitrogen and oxygen atoms in total. The fourth-order valence-corrected chi connectivity index (χ4v) is 3.14. The van der Waals surface area contributed by atoms with Crippen LogP contribution in [0.4, 0.5) is 0 Å². The van der Waals surface area contributed by atoms with Crippen molar-refractivity contribution < 1.29 is 14.6 Å². The first-order valence-electron chi connectivity index (χ1n) is 7.22. The highest BCUT2D eigenvalue weighted by Crippen LogP contribution is 2.38. The minimum absolute atomic E-state index is 0.0697. The molecule has 20 heavy (non-hydrogen) atoms. The van der Waals surface area contributed by atoms with Crippen molar-refractivity contribution in [2.45, 2.75) is 44.6 Å². The summed E-state index contributed by atoms with van der Waals surface area (Å²) in [4.78, 5) is 2.15. The van der Waals surface area contributed by atoms with E-state index < -0.39 is 6.10 Å². The van der Waals surface area contributed by atoms with Crippen LogP contribution in [0.15, 0.2) is 18.2 Å². The van der Waals surface area contributed by atoms with Gasteiger partial charge in [0.05, 0.1) is 25.4 Å². The van der Waals surface area contributed by atoms with Crippen molar-refractivity contribution in [2.75, 3.05) is 20.3 Å². The summed E-state index contributed by atoms with van der Waals surface area (Å²) in [6.07, 6.45) is 0.559. The summed E-state index contributed by atoms with van der Waals surface area (Å²) < 4.78 is 11.4. The van der Waals surface area contributed by atoms with E-state index in [0.717, 1.165) is 18.7 Å². The number of para-hydroxylation sites is 1. The topological polar surface area (TPSA) is 41.9 Å². The first kappa shape index (κ1) is 13.9. The fourth-order valence-electron chi connectivity index (χ4n) is 3.14. The molecule has 2 atom stereocenters. The van der Waals surface area contributed by atoms with Crippen molar-refractivity contribution in [3.63, 3.8) is 0 Å². The molecular weight excluding hydrogens is 254 g/mol. The summed E-state index contributed by atoms with van der Waals surface area (Å²) in [5, 5.41) is 9.92. The fraction of sp³-hybridized carbons (Fsp3) is 0.625. The molecule has 3 rings (SSSR count). The van der Waals surface area contributed by atoms with E-state index in [1.165, 1.54) is 11.1 Å². The molecule has 0 aliphatic carbocycles. The van der Waals surface area contributed by atoms with Crippen molar-refractivity contribution in [3.8, 4) is 5.75 Å². The molecule has 1 saturated heterocycles. The Balaban J connectivity index is 1.78. The molecule has 1 N–H and O–H groups in total. The molecule has 0 unspecified atom stereocenters. The van der Waals surface area contributed by atoms with E-state index in [9.17, 15) is 5.11 Å². The maximum atomic E-state index is 9.92. The predicted octanol–water partition coefficient (Wildman–Crippen LogP) is 1.59. The molecule has 2 heterocycles. The number of ether oxygens (including phenoxy) is 2. The molecule has 1 aromatic carbocycles. The van der Waals surface area contributed by atoms with Gasteiger partial charge in [-0.05, 0) is 26.5 Å². The third-order valence-electron chi connectivity index (χ3n) is 4.18. The lowest BCUT2D eigenvalue weighted by molar-refractivity contribution is 0.0906. The Kier molecular flexibility index (Phi) is 3.48. The Morgan fingerprint density at radius 2 is 2.15 bits per heavy atom. The predicted molar refractivity (Wildman–Crippen MR) is 76.9 cm³/mol. The zero-order valence-electron chi connectivity index (χ0n) is 12.4. The third kappa shape index (κ3) is 2.55. The molecular formula is C16H23NO3. The Bertz CT molecular complexity index is 500. The van der Waals surface area contributed by atoms with Crippen LogP contribution in [-0.4, -0.2) is 48.0 Å². The average Bonchev–Trinajstić information content (AvgIpc) is 2.91. The minimum Gasteiger partial charge on any atom is -0.487 e. The maximum absolute atomic E-state index is 9.92. The van der Waals surface area contributed by atoms with Crippen molar-refractivity contribution in [2.24, 2.45) is 0 Å². The Labute approximate surface area is 120 Å². The summed E-state index contributed by atoms with van der Waals surface area (Å²) >= 11 is 0. The van der Waals surface area contributed by atoms with Gasteiger partial charge in [-0.2, -0.15) is 0 Å². The van der Waals surface area contributed by atoms with Gasteiger partial charge < -0.3 is 14.6 Å². The van der Waals surface area contributed by atoms with Crippen LogP contribution in [0.5, 0.6) is 5.75 Å². The summed E-state index contributed by atoms with van der Waals surface area (Å²) in [6, 6.07) is 6.41. The SMILES string of the molecule is CN(Cc1cccc2c1OC(C)(C)C2)[C@@H]1COC[C@H]1O. The van der Waals surface area contributed by atoms with E-state index in [0.29, 0.717) is 13.2 Å². The van der Waals surface area contributed by atoms with E-state index in [1.807, 2.05) is 7.05 Å². The van der Waals surface area contributed by atoms with Gasteiger partial charge in [0, 0.05) is 18.5 Å². The lowest BCUT2D eigenvalue weighted by Crippen LogP contribution is -2.40. The summed E-state index contributed by atoms with van der Waals surface area (Å²) in [7, 11) is 2.03. The molecule has 0 saturated carbocycles. The molecule has 2 aliphatic heterocycles. The van der Waals surface area contributed by atoms with E-state index in [-0.39, 0.29) is 11.6 Å². The smallest absolute Gasteiger partial charge is 0.127 e. The van der Waals surface area contributed by atoms with Gasteiger partial charge in [0.15, 0.2) is 0 Å². The molecule has 0 bridgehead atoms. The van der Waals surface area contributed by atoms with Gasteiger partial charge in [0.1, 0.15) is 11.4 Å². The number of fused-ring (bicyclic) bond motifs is 1. The minimum atomic E-state index is -0.394. The van der Waals surface area contributed by atoms with Gasteiger partial charge in [-0.1, -0.05) is 18.2 Å². The van der Waals surface area contributed by atoms with E-state index in [1.54, 1.807) is 0 Å². The molecule has 2 aliphatic rings. The number of aliphatic hydroxyl groups is 1. The van der Waals surface area contributed by atoms with Crippen LogP contribution in [0.2, 0.25) is 0 Å². The van der Waals surface area contributed by atoms with Crippen molar-refractivity contribution in [3.05, 3.63) is 29.3 Å². The second kappa shape index (κ2) is 5.02. The zero-order chi connectivity index (χ0) is 14.3. The van der Waals surface area contributed by atoms with Crippen molar-refractivity contribution in [1.29, 1.82) is 0 Å². The standard InChI is InChI=1S/C16H23NO3/c1-16(2)7-11-5-4-6-12(15(11)20-16)8-17(3)13-9-19-10-14(13)18/h4-6,13-14,18H,7-10H2,1-3H3/t13-,14-/m1/s1. The Morgan fingerprint density at radius 3 is 2.85 bits per heavy atom. The van der Waals surface area contributed by atoms with Crippen LogP contribution in [0, 0.1) is 0 Å². The monoisotopic (exact) mass is 277 g/mol. The lowest BCUT2D eigenvalue weighted by Gasteiger charge is -2.26. The van der Waals surface area contributed by atoms with Gasteiger partial charge in [0.25, 0.3) is 0 Å². The Hall–Kier alpha value is -1.10. The highest BCUT2D eigenvalue weighted by atomic mass is 16.5. The number of hydrogen-bond donors (Lipinski definition) is 1. The average molecular weight is 277 g/mol. The summed E-state index contributed by atoms with van der Waals surface area (Å²) in [6.45, 7) is 6.04. The highest BCUT2D eigenvalue weighted by molar-refractivity contribution is 5.45. The second-order valence-corrected chi connectivity index (χ2v) is 6.53. The number of rotatable bonds is 3. The van der Waals surface area contributed by atoms with E-state index in [2.05, 4.69) is 36.9 Å².